The van der Waals surface area contributed by atoms with Crippen LogP contribution in [0.5, 0.6) is 0 Å². The highest BCUT2D eigenvalue weighted by Gasteiger charge is 2.73. The van der Waals surface area contributed by atoms with Gasteiger partial charge in [-0.05, 0) is 73.0 Å². The molecular formula is C22H32O3. The van der Waals surface area contributed by atoms with E-state index in [1.165, 1.54) is 38.5 Å². The van der Waals surface area contributed by atoms with Crippen LogP contribution in [-0.4, -0.2) is 23.3 Å². The fourth-order valence-corrected chi connectivity index (χ4v) is 8.22. The quantitative estimate of drug-likeness (QED) is 0.592. The average Bonchev–Trinajstić information content (AvgIpc) is 3.28. The summed E-state index contributed by atoms with van der Waals surface area (Å²) in [4.78, 5) is 11.7. The first kappa shape index (κ1) is 16.4. The molecule has 25 heavy (non-hydrogen) atoms. The third-order valence-electron chi connectivity index (χ3n) is 9.47. The molecule has 10 atom stereocenters. The molecule has 1 N–H and O–H groups in total. The van der Waals surface area contributed by atoms with E-state index in [0.29, 0.717) is 17.4 Å². The topological polar surface area (TPSA) is 49.8 Å². The van der Waals surface area contributed by atoms with Gasteiger partial charge in [0.05, 0.1) is 18.1 Å². The highest BCUT2D eigenvalue weighted by molar-refractivity contribution is 5.70. The van der Waals surface area contributed by atoms with Crippen molar-refractivity contribution < 1.29 is 14.6 Å². The van der Waals surface area contributed by atoms with E-state index in [4.69, 9.17) is 4.74 Å². The number of epoxide rings is 1. The molecule has 4 aliphatic carbocycles. The second-order valence-electron chi connectivity index (χ2n) is 10.2. The lowest BCUT2D eigenvalue weighted by atomic mass is 9.45. The van der Waals surface area contributed by atoms with Gasteiger partial charge in [0.1, 0.15) is 0 Å². The normalized spacial score (nSPS) is 57.0. The molecule has 3 saturated carbocycles. The number of allylic oxidation sites excluding steroid dienone is 2. The Kier molecular flexibility index (Phi) is 3.35. The summed E-state index contributed by atoms with van der Waals surface area (Å²) in [6.07, 6.45) is 13.1. The number of carboxylic acids is 1. The van der Waals surface area contributed by atoms with Crippen molar-refractivity contribution in [1.29, 1.82) is 0 Å². The Morgan fingerprint density at radius 1 is 1.16 bits per heavy atom. The van der Waals surface area contributed by atoms with Crippen LogP contribution < -0.4 is 0 Å². The Balaban J connectivity index is 1.49. The molecule has 0 radical (unpaired) electrons. The molecule has 1 aliphatic heterocycles. The summed E-state index contributed by atoms with van der Waals surface area (Å²) < 4.78 is 6.11. The second-order valence-corrected chi connectivity index (χ2v) is 10.2. The van der Waals surface area contributed by atoms with Gasteiger partial charge >= 0.3 is 5.97 Å². The van der Waals surface area contributed by atoms with E-state index in [1.54, 1.807) is 0 Å². The maximum absolute atomic E-state index is 11.7. The maximum Gasteiger partial charge on any atom is 0.306 e. The zero-order valence-electron chi connectivity index (χ0n) is 15.8. The minimum Gasteiger partial charge on any atom is -0.481 e. The minimum absolute atomic E-state index is 0.167. The summed E-state index contributed by atoms with van der Waals surface area (Å²) in [5, 5.41) is 9.65. The number of ether oxygens (including phenoxy) is 1. The molecule has 0 aromatic heterocycles. The first-order valence-electron chi connectivity index (χ1n) is 10.4. The first-order valence-corrected chi connectivity index (χ1v) is 10.4. The largest absolute Gasteiger partial charge is 0.481 e. The first-order chi connectivity index (χ1) is 11.9. The average molecular weight is 344 g/mol. The lowest BCUT2D eigenvalue weighted by Crippen LogP contribution is -2.54. The van der Waals surface area contributed by atoms with Crippen molar-refractivity contribution in [3.05, 3.63) is 12.2 Å². The zero-order chi connectivity index (χ0) is 17.6. The highest BCUT2D eigenvalue weighted by atomic mass is 16.6. The lowest BCUT2D eigenvalue weighted by Gasteiger charge is -2.60. The van der Waals surface area contributed by atoms with E-state index >= 15 is 0 Å². The molecule has 0 aromatic rings. The summed E-state index contributed by atoms with van der Waals surface area (Å²) >= 11 is 0. The molecule has 5 rings (SSSR count). The Morgan fingerprint density at radius 3 is 2.72 bits per heavy atom. The van der Waals surface area contributed by atoms with Crippen LogP contribution in [0.3, 0.4) is 0 Å². The Morgan fingerprint density at radius 2 is 1.96 bits per heavy atom. The monoisotopic (exact) mass is 344 g/mol. The number of rotatable bonds is 2. The maximum atomic E-state index is 11.7. The molecule has 0 amide bonds. The number of hydrogen-bond donors (Lipinski definition) is 1. The number of carboxylic acid groups (broad SMARTS) is 1. The molecule has 0 spiro atoms. The lowest BCUT2D eigenvalue weighted by molar-refractivity contribution is -0.153. The second kappa shape index (κ2) is 5.12. The molecule has 0 bridgehead atoms. The van der Waals surface area contributed by atoms with Crippen molar-refractivity contribution >= 4 is 5.97 Å². The number of carbonyl (C=O) groups is 1. The van der Waals surface area contributed by atoms with Crippen molar-refractivity contribution in [1.82, 2.24) is 0 Å². The zero-order valence-corrected chi connectivity index (χ0v) is 15.8. The Hall–Kier alpha value is -0.830. The molecule has 4 fully saturated rings. The van der Waals surface area contributed by atoms with Crippen molar-refractivity contribution in [2.24, 2.45) is 46.3 Å². The van der Waals surface area contributed by atoms with Gasteiger partial charge in [-0.3, -0.25) is 4.79 Å². The van der Waals surface area contributed by atoms with Gasteiger partial charge in [0, 0.05) is 5.92 Å². The predicted molar refractivity (Wildman–Crippen MR) is 96.0 cm³/mol. The Labute approximate surface area is 151 Å². The van der Waals surface area contributed by atoms with Gasteiger partial charge in [0.25, 0.3) is 0 Å². The molecule has 3 heteroatoms. The van der Waals surface area contributed by atoms with E-state index in [0.717, 1.165) is 17.8 Å². The van der Waals surface area contributed by atoms with E-state index < -0.39 is 5.97 Å². The summed E-state index contributed by atoms with van der Waals surface area (Å²) in [6, 6.07) is 0. The molecule has 5 aliphatic rings. The van der Waals surface area contributed by atoms with Crippen molar-refractivity contribution in [3.8, 4) is 0 Å². The number of fused-ring (bicyclic) bond motifs is 7. The van der Waals surface area contributed by atoms with Gasteiger partial charge in [-0.15, -0.1) is 0 Å². The van der Waals surface area contributed by atoms with E-state index in [-0.39, 0.29) is 23.4 Å². The highest BCUT2D eigenvalue weighted by Crippen LogP contribution is 2.71. The smallest absolute Gasteiger partial charge is 0.306 e. The molecular weight excluding hydrogens is 312 g/mol. The SMILES string of the molecule is C[C@H](C(=O)O)[C@H]1C2OC2[C@H]2[C@@H]3CC[C@H]4CC=CC[C@]4(C)[C@H]3CC[C@]12C. The van der Waals surface area contributed by atoms with Crippen molar-refractivity contribution in [2.45, 2.75) is 71.5 Å². The van der Waals surface area contributed by atoms with Crippen LogP contribution in [0.1, 0.15) is 59.3 Å². The third-order valence-corrected chi connectivity index (χ3v) is 9.47. The van der Waals surface area contributed by atoms with Gasteiger partial charge < -0.3 is 9.84 Å². The van der Waals surface area contributed by atoms with E-state index in [2.05, 4.69) is 26.0 Å². The van der Waals surface area contributed by atoms with Crippen LogP contribution in [0.25, 0.3) is 0 Å². The van der Waals surface area contributed by atoms with Crippen LogP contribution in [0, 0.1) is 46.3 Å². The van der Waals surface area contributed by atoms with Gasteiger partial charge in [-0.25, -0.2) is 0 Å². The number of hydrogen-bond acceptors (Lipinski definition) is 2. The molecule has 138 valence electrons. The standard InChI is InChI=1S/C22H32O3/c1-12(20(23)24)16-18-19(25-18)17-14-8-7-13-6-4-5-10-21(13,2)15(14)9-11-22(16,17)3/h4-5,12-19H,6-11H2,1-3H3,(H,23,24)/t12-,13+,14+,15-,16-,17+,18?,19?,21-,22+/m0/s1. The third kappa shape index (κ3) is 1.99. The van der Waals surface area contributed by atoms with Gasteiger partial charge in [-0.1, -0.05) is 32.9 Å². The van der Waals surface area contributed by atoms with E-state index in [1.807, 2.05) is 6.92 Å². The van der Waals surface area contributed by atoms with E-state index in [9.17, 15) is 9.90 Å². The summed E-state index contributed by atoms with van der Waals surface area (Å²) in [7, 11) is 0. The van der Waals surface area contributed by atoms with Crippen LogP contribution in [0.4, 0.5) is 0 Å². The molecule has 1 heterocycles. The molecule has 2 unspecified atom stereocenters. The van der Waals surface area contributed by atoms with Crippen LogP contribution in [-0.2, 0) is 9.53 Å². The van der Waals surface area contributed by atoms with Crippen molar-refractivity contribution in [2.75, 3.05) is 0 Å². The molecule has 1 saturated heterocycles. The van der Waals surface area contributed by atoms with Gasteiger partial charge in [0.2, 0.25) is 0 Å². The van der Waals surface area contributed by atoms with Crippen LogP contribution in [0.2, 0.25) is 0 Å². The summed E-state index contributed by atoms with van der Waals surface area (Å²) in [6.45, 7) is 6.87. The van der Waals surface area contributed by atoms with Gasteiger partial charge in [-0.2, -0.15) is 0 Å². The minimum atomic E-state index is -0.642. The predicted octanol–water partition coefficient (Wildman–Crippen LogP) is 4.52. The molecule has 3 nitrogen and oxygen atoms in total. The Bertz CT molecular complexity index is 627. The summed E-state index contributed by atoms with van der Waals surface area (Å²) in [5.74, 6) is 2.27. The fourth-order valence-electron chi connectivity index (χ4n) is 8.22. The molecule has 0 aromatic carbocycles. The van der Waals surface area contributed by atoms with Crippen LogP contribution in [0.15, 0.2) is 12.2 Å². The fraction of sp³-hybridized carbons (Fsp3) is 0.864. The summed E-state index contributed by atoms with van der Waals surface area (Å²) in [5.41, 5.74) is 0.625. The number of aliphatic carboxylic acids is 1. The van der Waals surface area contributed by atoms with Gasteiger partial charge in [0.15, 0.2) is 0 Å². The van der Waals surface area contributed by atoms with Crippen molar-refractivity contribution in [3.63, 3.8) is 0 Å². The van der Waals surface area contributed by atoms with Crippen LogP contribution >= 0.6 is 0 Å².